The fourth-order valence-corrected chi connectivity index (χ4v) is 5.13. The summed E-state index contributed by atoms with van der Waals surface area (Å²) in [5.74, 6) is 1.18. The highest BCUT2D eigenvalue weighted by molar-refractivity contribution is 7.99. The Labute approximate surface area is 167 Å². The second-order valence-corrected chi connectivity index (χ2v) is 7.65. The van der Waals surface area contributed by atoms with Crippen LogP contribution in [0.1, 0.15) is 27.0 Å². The van der Waals surface area contributed by atoms with Crippen LogP contribution in [0.15, 0.2) is 36.5 Å². The number of benzene rings is 1. The predicted octanol–water partition coefficient (Wildman–Crippen LogP) is 2.03. The van der Waals surface area contributed by atoms with Crippen molar-refractivity contribution < 1.29 is 19.1 Å². The van der Waals surface area contributed by atoms with Gasteiger partial charge in [-0.3, -0.25) is 14.6 Å². The minimum absolute atomic E-state index is 0.141. The molecule has 7 nitrogen and oxygen atoms in total. The zero-order chi connectivity index (χ0) is 19.7. The largest absolute Gasteiger partial charge is 0.493 e. The van der Waals surface area contributed by atoms with E-state index in [1.54, 1.807) is 28.9 Å². The number of rotatable bonds is 6. The molecule has 0 aliphatic carbocycles. The van der Waals surface area contributed by atoms with Crippen molar-refractivity contribution in [2.75, 3.05) is 26.5 Å². The molecule has 146 valence electrons. The molecule has 2 aromatic rings. The van der Waals surface area contributed by atoms with E-state index in [1.165, 1.54) is 14.2 Å². The van der Waals surface area contributed by atoms with Crippen molar-refractivity contribution in [3.63, 3.8) is 0 Å². The molecule has 0 unspecified atom stereocenters. The summed E-state index contributed by atoms with van der Waals surface area (Å²) in [5.41, 5.74) is 2.28. The van der Waals surface area contributed by atoms with Gasteiger partial charge in [-0.05, 0) is 18.2 Å². The van der Waals surface area contributed by atoms with E-state index in [2.05, 4.69) is 10.3 Å². The number of nitrogens with one attached hydrogen (secondary N) is 1. The highest BCUT2D eigenvalue weighted by Crippen LogP contribution is 2.52. The summed E-state index contributed by atoms with van der Waals surface area (Å²) in [6.45, 7) is 0.480. The molecule has 0 bridgehead atoms. The Bertz CT molecular complexity index is 906. The maximum Gasteiger partial charge on any atom is 0.260 e. The number of methoxy groups -OCH3 is 2. The van der Waals surface area contributed by atoms with E-state index in [0.29, 0.717) is 35.8 Å². The average molecular weight is 399 g/mol. The van der Waals surface area contributed by atoms with Gasteiger partial charge in [0, 0.05) is 36.2 Å². The maximum absolute atomic E-state index is 13.1. The topological polar surface area (TPSA) is 80.8 Å². The summed E-state index contributed by atoms with van der Waals surface area (Å²) in [6.07, 6.45) is 2.38. The van der Waals surface area contributed by atoms with Gasteiger partial charge in [0.1, 0.15) is 11.4 Å². The highest BCUT2D eigenvalue weighted by atomic mass is 32.2. The lowest BCUT2D eigenvalue weighted by atomic mass is 10.1. The summed E-state index contributed by atoms with van der Waals surface area (Å²) in [6, 6.07) is 8.88. The smallest absolute Gasteiger partial charge is 0.260 e. The minimum Gasteiger partial charge on any atom is -0.493 e. The molecule has 1 aromatic carbocycles. The first-order valence-corrected chi connectivity index (χ1v) is 10.1. The molecular formula is C20H21N3O4S. The van der Waals surface area contributed by atoms with Crippen LogP contribution in [0.5, 0.6) is 11.5 Å². The van der Waals surface area contributed by atoms with Crippen LogP contribution >= 0.6 is 11.8 Å². The molecule has 2 aliphatic rings. The Hall–Kier alpha value is -2.74. The molecule has 1 fully saturated rings. The van der Waals surface area contributed by atoms with Crippen LogP contribution in [0.4, 0.5) is 0 Å². The van der Waals surface area contributed by atoms with E-state index < -0.39 is 6.04 Å². The van der Waals surface area contributed by atoms with E-state index in [4.69, 9.17) is 9.47 Å². The van der Waals surface area contributed by atoms with Crippen LogP contribution in [-0.2, 0) is 11.2 Å². The first kappa shape index (κ1) is 18.6. The number of aromatic nitrogens is 1. The van der Waals surface area contributed by atoms with Crippen LogP contribution in [0.2, 0.25) is 0 Å². The molecule has 3 heterocycles. The normalized spacial score (nSPS) is 19.9. The molecule has 2 amide bonds. The van der Waals surface area contributed by atoms with Crippen LogP contribution in [0, 0.1) is 0 Å². The number of hydrogen-bond acceptors (Lipinski definition) is 6. The quantitative estimate of drug-likeness (QED) is 0.801. The number of ether oxygens (including phenoxy) is 2. The summed E-state index contributed by atoms with van der Waals surface area (Å²) >= 11 is 1.59. The summed E-state index contributed by atoms with van der Waals surface area (Å²) < 4.78 is 10.7. The van der Waals surface area contributed by atoms with Gasteiger partial charge in [0.2, 0.25) is 5.91 Å². The van der Waals surface area contributed by atoms with E-state index in [1.807, 2.05) is 24.3 Å². The number of fused-ring (bicyclic) bond motifs is 3. The third-order valence-corrected chi connectivity index (χ3v) is 6.31. The van der Waals surface area contributed by atoms with Crippen molar-refractivity contribution in [1.29, 1.82) is 0 Å². The summed E-state index contributed by atoms with van der Waals surface area (Å²) in [7, 11) is 3.06. The van der Waals surface area contributed by atoms with Crippen molar-refractivity contribution in [1.82, 2.24) is 15.2 Å². The number of carbonyl (C=O) groups excluding carboxylic acids is 2. The summed E-state index contributed by atoms with van der Waals surface area (Å²) in [5, 5.41) is 2.77. The van der Waals surface area contributed by atoms with Gasteiger partial charge in [-0.2, -0.15) is 0 Å². The molecule has 2 atom stereocenters. The van der Waals surface area contributed by atoms with Gasteiger partial charge in [-0.1, -0.05) is 12.1 Å². The molecule has 0 radical (unpaired) electrons. The average Bonchev–Trinajstić information content (AvgIpc) is 3.28. The van der Waals surface area contributed by atoms with Gasteiger partial charge in [0.15, 0.2) is 11.5 Å². The van der Waals surface area contributed by atoms with Crippen LogP contribution in [0.25, 0.3) is 0 Å². The van der Waals surface area contributed by atoms with Gasteiger partial charge in [-0.15, -0.1) is 11.8 Å². The zero-order valence-electron chi connectivity index (χ0n) is 15.7. The van der Waals surface area contributed by atoms with Crippen molar-refractivity contribution in [2.24, 2.45) is 0 Å². The fourth-order valence-electron chi connectivity index (χ4n) is 3.67. The summed E-state index contributed by atoms with van der Waals surface area (Å²) in [4.78, 5) is 31.8. The number of hydrogen-bond donors (Lipinski definition) is 1. The zero-order valence-corrected chi connectivity index (χ0v) is 16.5. The van der Waals surface area contributed by atoms with Gasteiger partial charge in [-0.25, -0.2) is 0 Å². The Morgan fingerprint density at radius 1 is 1.29 bits per heavy atom. The van der Waals surface area contributed by atoms with Crippen molar-refractivity contribution in [2.45, 2.75) is 17.8 Å². The van der Waals surface area contributed by atoms with Crippen LogP contribution in [-0.4, -0.2) is 54.3 Å². The van der Waals surface area contributed by atoms with Crippen molar-refractivity contribution in [3.05, 3.63) is 53.3 Å². The lowest BCUT2D eigenvalue weighted by Gasteiger charge is -2.22. The molecule has 4 rings (SSSR count). The molecule has 2 aliphatic heterocycles. The standard InChI is InChI=1S/C20H21N3O4S/c1-26-15-7-6-13-16(17(15)27-2)19(25)23-14(11-28-20(13)23)18(24)22-10-8-12-5-3-4-9-21-12/h3-7,9,14,20H,8,10-11H2,1-2H3,(H,22,24)/t14-,20-/m1/s1. The van der Waals surface area contributed by atoms with Gasteiger partial charge in [0.25, 0.3) is 5.91 Å². The highest BCUT2D eigenvalue weighted by Gasteiger charge is 2.50. The fraction of sp³-hybridized carbons (Fsp3) is 0.350. The van der Waals surface area contributed by atoms with E-state index in [0.717, 1.165) is 11.3 Å². The monoisotopic (exact) mass is 399 g/mol. The lowest BCUT2D eigenvalue weighted by molar-refractivity contribution is -0.124. The third-order valence-electron chi connectivity index (χ3n) is 5.00. The minimum atomic E-state index is -0.505. The van der Waals surface area contributed by atoms with Crippen LogP contribution in [0.3, 0.4) is 0 Å². The van der Waals surface area contributed by atoms with Crippen molar-refractivity contribution >= 4 is 23.6 Å². The number of pyridine rings is 1. The first-order valence-electron chi connectivity index (χ1n) is 9.02. The number of carbonyl (C=O) groups is 2. The van der Waals surface area contributed by atoms with E-state index in [9.17, 15) is 9.59 Å². The maximum atomic E-state index is 13.1. The SMILES string of the molecule is COc1ccc2c(c1OC)C(=O)N1[C@@H](C(=O)NCCc3ccccn3)CS[C@H]21. The van der Waals surface area contributed by atoms with E-state index in [-0.39, 0.29) is 17.2 Å². The number of thioether (sulfide) groups is 1. The Balaban J connectivity index is 1.49. The van der Waals surface area contributed by atoms with Gasteiger partial charge >= 0.3 is 0 Å². The Kier molecular flexibility index (Phi) is 5.13. The molecule has 1 N–H and O–H groups in total. The molecule has 8 heteroatoms. The first-order chi connectivity index (χ1) is 13.7. The van der Waals surface area contributed by atoms with Gasteiger partial charge in [0.05, 0.1) is 19.8 Å². The Morgan fingerprint density at radius 2 is 2.14 bits per heavy atom. The third kappa shape index (κ3) is 3.07. The second-order valence-electron chi connectivity index (χ2n) is 6.54. The lowest BCUT2D eigenvalue weighted by Crippen LogP contribution is -2.46. The molecule has 1 aromatic heterocycles. The number of nitrogens with zero attached hydrogens (tertiary/aromatic N) is 2. The van der Waals surface area contributed by atoms with Crippen LogP contribution < -0.4 is 14.8 Å². The molecule has 0 spiro atoms. The Morgan fingerprint density at radius 3 is 2.86 bits per heavy atom. The molecule has 1 saturated heterocycles. The van der Waals surface area contributed by atoms with Crippen molar-refractivity contribution in [3.8, 4) is 11.5 Å². The second kappa shape index (κ2) is 7.71. The predicted molar refractivity (Wildman–Crippen MR) is 106 cm³/mol. The molecular weight excluding hydrogens is 378 g/mol. The van der Waals surface area contributed by atoms with E-state index >= 15 is 0 Å². The molecule has 0 saturated carbocycles. The number of amides is 2. The molecule has 28 heavy (non-hydrogen) atoms. The van der Waals surface area contributed by atoms with Gasteiger partial charge < -0.3 is 19.7 Å².